The molecule has 0 spiro atoms. The van der Waals surface area contributed by atoms with Crippen molar-refractivity contribution in [3.05, 3.63) is 35.9 Å². The second-order valence-corrected chi connectivity index (χ2v) is 6.24. The van der Waals surface area contributed by atoms with Crippen molar-refractivity contribution in [3.8, 4) is 0 Å². The number of benzene rings is 1. The Morgan fingerprint density at radius 1 is 1.20 bits per heavy atom. The Balaban J connectivity index is 2.25. The topological polar surface area (TPSA) is 20.3 Å². The Morgan fingerprint density at radius 3 is 2.20 bits per heavy atom. The van der Waals surface area contributed by atoms with E-state index in [0.717, 1.165) is 18.9 Å². The summed E-state index contributed by atoms with van der Waals surface area (Å²) in [6.45, 7) is 5.36. The van der Waals surface area contributed by atoms with E-state index in [2.05, 4.69) is 0 Å². The maximum Gasteiger partial charge on any atom is 0.259 e. The van der Waals surface area contributed by atoms with Gasteiger partial charge in [0.2, 0.25) is 5.91 Å². The summed E-state index contributed by atoms with van der Waals surface area (Å²) in [5.74, 6) is -3.52. The summed E-state index contributed by atoms with van der Waals surface area (Å²) in [6, 6.07) is 9.51. The van der Waals surface area contributed by atoms with Crippen molar-refractivity contribution >= 4 is 5.91 Å². The Labute approximate surface area is 118 Å². The lowest BCUT2D eigenvalue weighted by atomic mass is 9.79. The van der Waals surface area contributed by atoms with Crippen LogP contribution in [-0.4, -0.2) is 22.8 Å². The molecule has 0 bridgehead atoms. The number of amides is 1. The molecule has 1 aliphatic heterocycles. The molecule has 0 N–H and O–H groups in total. The fourth-order valence-electron chi connectivity index (χ4n) is 2.54. The molecule has 0 saturated carbocycles. The van der Waals surface area contributed by atoms with Gasteiger partial charge in [-0.2, -0.15) is 0 Å². The molecule has 1 saturated heterocycles. The minimum absolute atomic E-state index is 0.00864. The Kier molecular flexibility index (Phi) is 3.61. The zero-order chi connectivity index (χ0) is 15.1. The third kappa shape index (κ3) is 2.32. The molecular formula is C16H21F2NO. The molecule has 0 aromatic heterocycles. The smallest absolute Gasteiger partial charge is 0.259 e. The molecule has 20 heavy (non-hydrogen) atoms. The van der Waals surface area contributed by atoms with E-state index in [1.165, 1.54) is 13.8 Å². The summed E-state index contributed by atoms with van der Waals surface area (Å²) in [5.41, 5.74) is -0.677. The van der Waals surface area contributed by atoms with E-state index < -0.39 is 17.2 Å². The van der Waals surface area contributed by atoms with E-state index >= 15 is 0 Å². The van der Waals surface area contributed by atoms with E-state index in [4.69, 9.17) is 0 Å². The molecule has 2 rings (SSSR count). The van der Waals surface area contributed by atoms with E-state index in [9.17, 15) is 13.6 Å². The second kappa shape index (κ2) is 4.83. The number of likely N-dealkylation sites (tertiary alicyclic amines) is 1. The number of nitrogens with zero attached hydrogens (tertiary/aromatic N) is 1. The number of hydrogen-bond acceptors (Lipinski definition) is 1. The van der Waals surface area contributed by atoms with Crippen LogP contribution in [-0.2, 0) is 4.79 Å². The minimum Gasteiger partial charge on any atom is -0.332 e. The molecule has 1 aromatic carbocycles. The van der Waals surface area contributed by atoms with E-state index in [1.807, 2.05) is 37.3 Å². The first-order valence-corrected chi connectivity index (χ1v) is 6.92. The molecule has 1 aliphatic rings. The van der Waals surface area contributed by atoms with Crippen LogP contribution in [0.3, 0.4) is 0 Å². The molecule has 110 valence electrons. The fraction of sp³-hybridized carbons (Fsp3) is 0.562. The first-order chi connectivity index (χ1) is 9.16. The predicted octanol–water partition coefficient (Wildman–Crippen LogP) is 4.03. The van der Waals surface area contributed by atoms with Crippen molar-refractivity contribution in [2.45, 2.75) is 52.1 Å². The van der Waals surface area contributed by atoms with Crippen LogP contribution in [0.25, 0.3) is 0 Å². The molecule has 1 amide bonds. The summed E-state index contributed by atoms with van der Waals surface area (Å²) in [5, 5.41) is 0. The minimum atomic E-state index is -3.04. The average Bonchev–Trinajstić information content (AvgIpc) is 2.35. The van der Waals surface area contributed by atoms with Crippen LogP contribution in [0.5, 0.6) is 0 Å². The van der Waals surface area contributed by atoms with Gasteiger partial charge in [-0.05, 0) is 32.8 Å². The molecular weight excluding hydrogens is 260 g/mol. The monoisotopic (exact) mass is 281 g/mol. The third-order valence-corrected chi connectivity index (χ3v) is 4.43. The van der Waals surface area contributed by atoms with Gasteiger partial charge >= 0.3 is 0 Å². The van der Waals surface area contributed by atoms with E-state index in [0.29, 0.717) is 0 Å². The van der Waals surface area contributed by atoms with Gasteiger partial charge in [0.25, 0.3) is 5.92 Å². The standard InChI is InChI=1S/C16H21F2NO/c1-11-10-13(12-8-6-5-7-9-12)19(11)14(20)15(2,3)16(4,17)18/h5-9,11,13H,10H2,1-4H3/t11?,13-/m0/s1. The first-order valence-electron chi connectivity index (χ1n) is 6.92. The van der Waals surface area contributed by atoms with Crippen LogP contribution in [0.4, 0.5) is 8.78 Å². The van der Waals surface area contributed by atoms with Gasteiger partial charge in [-0.25, -0.2) is 8.78 Å². The molecule has 0 aliphatic carbocycles. The van der Waals surface area contributed by atoms with Crippen LogP contribution in [0.1, 0.15) is 45.7 Å². The van der Waals surface area contributed by atoms with Crippen LogP contribution in [0, 0.1) is 5.41 Å². The molecule has 1 heterocycles. The second-order valence-electron chi connectivity index (χ2n) is 6.24. The van der Waals surface area contributed by atoms with Crippen LogP contribution < -0.4 is 0 Å². The summed E-state index contributed by atoms with van der Waals surface area (Å²) >= 11 is 0. The van der Waals surface area contributed by atoms with Gasteiger partial charge in [0.1, 0.15) is 5.41 Å². The lowest BCUT2D eigenvalue weighted by molar-refractivity contribution is -0.175. The van der Waals surface area contributed by atoms with E-state index in [-0.39, 0.29) is 12.1 Å². The molecule has 1 aromatic rings. The van der Waals surface area contributed by atoms with Crippen LogP contribution >= 0.6 is 0 Å². The zero-order valence-electron chi connectivity index (χ0n) is 12.4. The number of hydrogen-bond donors (Lipinski definition) is 0. The number of carbonyl (C=O) groups excluding carboxylic acids is 1. The van der Waals surface area contributed by atoms with Crippen molar-refractivity contribution in [1.29, 1.82) is 0 Å². The maximum absolute atomic E-state index is 13.7. The molecule has 2 atom stereocenters. The van der Waals surface area contributed by atoms with Gasteiger partial charge in [-0.3, -0.25) is 4.79 Å². The number of rotatable bonds is 3. The largest absolute Gasteiger partial charge is 0.332 e. The van der Waals surface area contributed by atoms with Gasteiger partial charge in [0, 0.05) is 13.0 Å². The van der Waals surface area contributed by atoms with Gasteiger partial charge in [0.15, 0.2) is 0 Å². The average molecular weight is 281 g/mol. The molecule has 1 unspecified atom stereocenters. The van der Waals surface area contributed by atoms with Gasteiger partial charge in [-0.1, -0.05) is 30.3 Å². The van der Waals surface area contributed by atoms with Crippen molar-refractivity contribution in [2.24, 2.45) is 5.41 Å². The summed E-state index contributed by atoms with van der Waals surface area (Å²) in [4.78, 5) is 14.1. The predicted molar refractivity (Wildman–Crippen MR) is 74.5 cm³/mol. The first kappa shape index (κ1) is 14.9. The van der Waals surface area contributed by atoms with Gasteiger partial charge in [-0.15, -0.1) is 0 Å². The molecule has 2 nitrogen and oxygen atoms in total. The molecule has 4 heteroatoms. The summed E-state index contributed by atoms with van der Waals surface area (Å²) in [7, 11) is 0. The highest BCUT2D eigenvalue weighted by molar-refractivity contribution is 5.84. The number of halogens is 2. The highest BCUT2D eigenvalue weighted by atomic mass is 19.3. The van der Waals surface area contributed by atoms with Crippen molar-refractivity contribution in [3.63, 3.8) is 0 Å². The van der Waals surface area contributed by atoms with Crippen LogP contribution in [0.2, 0.25) is 0 Å². The van der Waals surface area contributed by atoms with Gasteiger partial charge < -0.3 is 4.90 Å². The van der Waals surface area contributed by atoms with Gasteiger partial charge in [0.05, 0.1) is 6.04 Å². The number of carbonyl (C=O) groups is 1. The summed E-state index contributed by atoms with van der Waals surface area (Å²) < 4.78 is 27.4. The quantitative estimate of drug-likeness (QED) is 0.819. The maximum atomic E-state index is 13.7. The lowest BCUT2D eigenvalue weighted by Crippen LogP contribution is -2.58. The Hall–Kier alpha value is -1.45. The SMILES string of the molecule is CC1C[C@@H](c2ccccc2)N1C(=O)C(C)(C)C(C)(F)F. The van der Waals surface area contributed by atoms with Crippen molar-refractivity contribution < 1.29 is 13.6 Å². The molecule has 1 fully saturated rings. The van der Waals surface area contributed by atoms with E-state index in [1.54, 1.807) is 4.90 Å². The van der Waals surface area contributed by atoms with Crippen molar-refractivity contribution in [1.82, 2.24) is 4.90 Å². The normalized spacial score (nSPS) is 23.4. The van der Waals surface area contributed by atoms with Crippen LogP contribution in [0.15, 0.2) is 30.3 Å². The fourth-order valence-corrected chi connectivity index (χ4v) is 2.54. The summed E-state index contributed by atoms with van der Waals surface area (Å²) in [6.07, 6.45) is 0.821. The third-order valence-electron chi connectivity index (χ3n) is 4.43. The highest BCUT2D eigenvalue weighted by Gasteiger charge is 2.54. The highest BCUT2D eigenvalue weighted by Crippen LogP contribution is 2.45. The Bertz CT molecular complexity index is 493. The number of alkyl halides is 2. The molecule has 0 radical (unpaired) electrons. The lowest BCUT2D eigenvalue weighted by Gasteiger charge is -2.51. The van der Waals surface area contributed by atoms with Crippen molar-refractivity contribution in [2.75, 3.05) is 0 Å². The zero-order valence-corrected chi connectivity index (χ0v) is 12.4. The Morgan fingerprint density at radius 2 is 1.75 bits per heavy atom.